The number of likely N-dealkylation sites (N-methyl/N-ethyl adjacent to an activating group) is 1. The fraction of sp³-hybridized carbons (Fsp3) is 0.800. The third-order valence-corrected chi connectivity index (χ3v) is 2.64. The molecule has 0 aliphatic heterocycles. The van der Waals surface area contributed by atoms with Crippen LogP contribution in [-0.2, 0) is 13.6 Å². The minimum Gasteiger partial charge on any atom is -0.310 e. The van der Waals surface area contributed by atoms with Crippen LogP contribution in [0.3, 0.4) is 0 Å². The average molecular weight is 211 g/mol. The standard InChI is InChI=1S/C10H21N5/c1-9(2)14(3)6-5-11-7-10-8-12-13-15(10)4/h8-9,11H,5-7H2,1-4H3. The molecule has 0 atom stereocenters. The summed E-state index contributed by atoms with van der Waals surface area (Å²) < 4.78 is 1.79. The average Bonchev–Trinajstić information content (AvgIpc) is 2.58. The third-order valence-electron chi connectivity index (χ3n) is 2.64. The lowest BCUT2D eigenvalue weighted by molar-refractivity contribution is 0.273. The Hall–Kier alpha value is -0.940. The van der Waals surface area contributed by atoms with E-state index in [-0.39, 0.29) is 0 Å². The van der Waals surface area contributed by atoms with Crippen LogP contribution >= 0.6 is 0 Å². The zero-order valence-corrected chi connectivity index (χ0v) is 10.1. The molecule has 5 heteroatoms. The normalized spacial score (nSPS) is 11.6. The molecular formula is C10H21N5. The van der Waals surface area contributed by atoms with Crippen LogP contribution in [0.25, 0.3) is 0 Å². The maximum Gasteiger partial charge on any atom is 0.0738 e. The Morgan fingerprint density at radius 3 is 2.80 bits per heavy atom. The van der Waals surface area contributed by atoms with E-state index in [1.165, 1.54) is 0 Å². The summed E-state index contributed by atoms with van der Waals surface area (Å²) in [5.41, 5.74) is 1.11. The molecule has 86 valence electrons. The van der Waals surface area contributed by atoms with Crippen molar-refractivity contribution in [1.82, 2.24) is 25.2 Å². The quantitative estimate of drug-likeness (QED) is 0.685. The van der Waals surface area contributed by atoms with Crippen LogP contribution in [0.5, 0.6) is 0 Å². The molecule has 0 aliphatic rings. The van der Waals surface area contributed by atoms with Gasteiger partial charge in [0, 0.05) is 32.7 Å². The van der Waals surface area contributed by atoms with Gasteiger partial charge < -0.3 is 10.2 Å². The Kier molecular flexibility index (Phi) is 4.71. The van der Waals surface area contributed by atoms with Gasteiger partial charge in [0.2, 0.25) is 0 Å². The first kappa shape index (κ1) is 12.1. The highest BCUT2D eigenvalue weighted by atomic mass is 15.4. The summed E-state index contributed by atoms with van der Waals surface area (Å²) in [5, 5.41) is 11.1. The summed E-state index contributed by atoms with van der Waals surface area (Å²) in [6, 6.07) is 0.602. The molecule has 0 aromatic carbocycles. The Morgan fingerprint density at radius 1 is 1.53 bits per heavy atom. The fourth-order valence-corrected chi connectivity index (χ4v) is 1.20. The van der Waals surface area contributed by atoms with Crippen molar-refractivity contribution in [2.75, 3.05) is 20.1 Å². The summed E-state index contributed by atoms with van der Waals surface area (Å²) in [6.45, 7) is 7.27. The highest BCUT2D eigenvalue weighted by Gasteiger charge is 2.02. The molecular weight excluding hydrogens is 190 g/mol. The monoisotopic (exact) mass is 211 g/mol. The summed E-state index contributed by atoms with van der Waals surface area (Å²) >= 11 is 0. The lowest BCUT2D eigenvalue weighted by Gasteiger charge is -2.20. The second kappa shape index (κ2) is 5.82. The number of hydrogen-bond donors (Lipinski definition) is 1. The fourth-order valence-electron chi connectivity index (χ4n) is 1.20. The van der Waals surface area contributed by atoms with Crippen LogP contribution in [0, 0.1) is 0 Å². The van der Waals surface area contributed by atoms with Gasteiger partial charge >= 0.3 is 0 Å². The first-order valence-electron chi connectivity index (χ1n) is 5.35. The first-order valence-corrected chi connectivity index (χ1v) is 5.35. The van der Waals surface area contributed by atoms with E-state index < -0.39 is 0 Å². The van der Waals surface area contributed by atoms with E-state index in [1.54, 1.807) is 10.9 Å². The van der Waals surface area contributed by atoms with Gasteiger partial charge in [-0.3, -0.25) is 4.68 Å². The molecule has 0 bridgehead atoms. The maximum absolute atomic E-state index is 3.87. The van der Waals surface area contributed by atoms with Crippen molar-refractivity contribution >= 4 is 0 Å². The molecule has 0 aliphatic carbocycles. The number of aryl methyl sites for hydroxylation is 1. The maximum atomic E-state index is 3.87. The van der Waals surface area contributed by atoms with Gasteiger partial charge in [-0.2, -0.15) is 0 Å². The van der Waals surface area contributed by atoms with Gasteiger partial charge in [0.15, 0.2) is 0 Å². The molecule has 0 radical (unpaired) electrons. The Labute approximate surface area is 91.5 Å². The molecule has 1 N–H and O–H groups in total. The van der Waals surface area contributed by atoms with Crippen molar-refractivity contribution in [3.05, 3.63) is 11.9 Å². The Morgan fingerprint density at radius 2 is 2.27 bits per heavy atom. The van der Waals surface area contributed by atoms with Crippen LogP contribution in [0.4, 0.5) is 0 Å². The SMILES string of the molecule is CC(C)N(C)CCNCc1cnnn1C. The highest BCUT2D eigenvalue weighted by molar-refractivity contribution is 4.92. The van der Waals surface area contributed by atoms with Crippen molar-refractivity contribution in [2.45, 2.75) is 26.4 Å². The van der Waals surface area contributed by atoms with Gasteiger partial charge in [0.1, 0.15) is 0 Å². The zero-order chi connectivity index (χ0) is 11.3. The second-order valence-electron chi connectivity index (χ2n) is 4.10. The van der Waals surface area contributed by atoms with E-state index in [0.717, 1.165) is 25.3 Å². The molecule has 1 rings (SSSR count). The molecule has 1 aromatic rings. The van der Waals surface area contributed by atoms with Crippen LogP contribution in [0.1, 0.15) is 19.5 Å². The number of nitrogens with zero attached hydrogens (tertiary/aromatic N) is 4. The van der Waals surface area contributed by atoms with E-state index in [9.17, 15) is 0 Å². The highest BCUT2D eigenvalue weighted by Crippen LogP contribution is 1.93. The largest absolute Gasteiger partial charge is 0.310 e. The van der Waals surface area contributed by atoms with Gasteiger partial charge in [0.05, 0.1) is 11.9 Å². The number of nitrogens with one attached hydrogen (secondary N) is 1. The molecule has 15 heavy (non-hydrogen) atoms. The van der Waals surface area contributed by atoms with Gasteiger partial charge in [0.25, 0.3) is 0 Å². The molecule has 0 unspecified atom stereocenters. The molecule has 0 spiro atoms. The lowest BCUT2D eigenvalue weighted by Crippen LogP contribution is -2.33. The predicted molar refractivity (Wildman–Crippen MR) is 60.5 cm³/mol. The molecule has 5 nitrogen and oxygen atoms in total. The first-order chi connectivity index (χ1) is 7.11. The molecule has 0 saturated heterocycles. The lowest BCUT2D eigenvalue weighted by atomic mass is 10.3. The van der Waals surface area contributed by atoms with Crippen LogP contribution in [0.15, 0.2) is 6.20 Å². The van der Waals surface area contributed by atoms with Gasteiger partial charge in [-0.25, -0.2) is 0 Å². The summed E-state index contributed by atoms with van der Waals surface area (Å²) in [4.78, 5) is 2.31. The molecule has 0 saturated carbocycles. The topological polar surface area (TPSA) is 46.0 Å². The number of rotatable bonds is 6. The Balaban J connectivity index is 2.15. The van der Waals surface area contributed by atoms with Gasteiger partial charge in [-0.15, -0.1) is 5.10 Å². The molecule has 0 fully saturated rings. The van der Waals surface area contributed by atoms with Gasteiger partial charge in [-0.05, 0) is 20.9 Å². The molecule has 1 aromatic heterocycles. The van der Waals surface area contributed by atoms with Crippen LogP contribution in [0.2, 0.25) is 0 Å². The van der Waals surface area contributed by atoms with E-state index in [0.29, 0.717) is 6.04 Å². The van der Waals surface area contributed by atoms with Crippen molar-refractivity contribution < 1.29 is 0 Å². The van der Waals surface area contributed by atoms with E-state index in [4.69, 9.17) is 0 Å². The molecule has 1 heterocycles. The Bertz CT molecular complexity index is 281. The van der Waals surface area contributed by atoms with E-state index in [1.807, 2.05) is 7.05 Å². The van der Waals surface area contributed by atoms with Crippen LogP contribution in [-0.4, -0.2) is 46.1 Å². The van der Waals surface area contributed by atoms with Gasteiger partial charge in [-0.1, -0.05) is 5.21 Å². The van der Waals surface area contributed by atoms with Crippen LogP contribution < -0.4 is 5.32 Å². The third kappa shape index (κ3) is 3.97. The minimum atomic E-state index is 0.602. The van der Waals surface area contributed by atoms with Crippen molar-refractivity contribution in [1.29, 1.82) is 0 Å². The summed E-state index contributed by atoms with van der Waals surface area (Å²) in [7, 11) is 4.04. The predicted octanol–water partition coefficient (Wildman–Crippen LogP) is 0.245. The smallest absolute Gasteiger partial charge is 0.0738 e. The van der Waals surface area contributed by atoms with Crippen molar-refractivity contribution in [3.63, 3.8) is 0 Å². The van der Waals surface area contributed by atoms with E-state index >= 15 is 0 Å². The molecule has 0 amide bonds. The van der Waals surface area contributed by atoms with Crippen molar-refractivity contribution in [3.8, 4) is 0 Å². The number of aromatic nitrogens is 3. The van der Waals surface area contributed by atoms with E-state index in [2.05, 4.69) is 41.4 Å². The summed E-state index contributed by atoms with van der Waals surface area (Å²) in [6.07, 6.45) is 1.79. The summed E-state index contributed by atoms with van der Waals surface area (Å²) in [5.74, 6) is 0. The minimum absolute atomic E-state index is 0.602. The zero-order valence-electron chi connectivity index (χ0n) is 10.1. The van der Waals surface area contributed by atoms with Crippen molar-refractivity contribution in [2.24, 2.45) is 7.05 Å². The second-order valence-corrected chi connectivity index (χ2v) is 4.10. The number of hydrogen-bond acceptors (Lipinski definition) is 4.